The Morgan fingerprint density at radius 1 is 0.923 bits per heavy atom. The summed E-state index contributed by atoms with van der Waals surface area (Å²) in [5.74, 6) is 0. The Kier molecular flexibility index (Phi) is 20.2. The highest BCUT2D eigenvalue weighted by atomic mass is 16.1. The molecule has 0 aromatic heterocycles. The zero-order chi connectivity index (χ0) is 10.4. The first-order valence-corrected chi connectivity index (χ1v) is 5.48. The summed E-state index contributed by atoms with van der Waals surface area (Å²) in [6.45, 7) is 4.36. The summed E-state index contributed by atoms with van der Waals surface area (Å²) in [5, 5.41) is 0. The Balaban J connectivity index is 0. The van der Waals surface area contributed by atoms with Gasteiger partial charge in [-0.1, -0.05) is 65.2 Å². The third-order valence-corrected chi connectivity index (χ3v) is 2.00. The number of hydrogen-bond acceptors (Lipinski definition) is 1. The smallest absolute Gasteiger partial charge is 0.204 e. The minimum atomic E-state index is 0.250. The number of unbranched alkanes of at least 4 members (excludes halogenated alkanes) is 1. The molecule has 0 radical (unpaired) electrons. The number of rotatable bonds is 1. The Morgan fingerprint density at radius 3 is 1.15 bits per heavy atom. The minimum Gasteiger partial charge on any atom is -0.372 e. The maximum absolute atomic E-state index is 8.58. The molecule has 1 aliphatic carbocycles. The van der Waals surface area contributed by atoms with Crippen molar-refractivity contribution in [3.05, 3.63) is 0 Å². The van der Waals surface area contributed by atoms with Crippen LogP contribution >= 0.6 is 0 Å². The van der Waals surface area contributed by atoms with Gasteiger partial charge in [-0.2, -0.15) is 0 Å². The van der Waals surface area contributed by atoms with E-state index in [-0.39, 0.29) is 6.41 Å². The zero-order valence-corrected chi connectivity index (χ0v) is 9.22. The fourth-order valence-corrected chi connectivity index (χ4v) is 1.06. The summed E-state index contributed by atoms with van der Waals surface area (Å²) < 4.78 is 0. The van der Waals surface area contributed by atoms with Gasteiger partial charge in [-0.3, -0.25) is 4.79 Å². The van der Waals surface area contributed by atoms with Crippen LogP contribution in [0.5, 0.6) is 0 Å². The molecule has 2 heteroatoms. The number of nitrogens with two attached hydrogens (primary N) is 1. The first-order valence-electron chi connectivity index (χ1n) is 5.48. The van der Waals surface area contributed by atoms with Crippen molar-refractivity contribution in [3.8, 4) is 0 Å². The quantitative estimate of drug-likeness (QED) is 0.629. The van der Waals surface area contributed by atoms with E-state index < -0.39 is 0 Å². The third kappa shape index (κ3) is 24.6. The molecule has 0 unspecified atom stereocenters. The van der Waals surface area contributed by atoms with Crippen LogP contribution in [0.25, 0.3) is 0 Å². The molecule has 1 amide bonds. The van der Waals surface area contributed by atoms with Gasteiger partial charge in [0.15, 0.2) is 0 Å². The minimum absolute atomic E-state index is 0.250. The van der Waals surface area contributed by atoms with Crippen molar-refractivity contribution >= 4 is 6.41 Å². The molecule has 1 fully saturated rings. The Morgan fingerprint density at radius 2 is 1.08 bits per heavy atom. The molecular formula is C11H25NO. The molecule has 0 bridgehead atoms. The van der Waals surface area contributed by atoms with Crippen molar-refractivity contribution in [2.45, 2.75) is 65.2 Å². The van der Waals surface area contributed by atoms with Crippen LogP contribution < -0.4 is 5.73 Å². The monoisotopic (exact) mass is 187 g/mol. The lowest BCUT2D eigenvalue weighted by atomic mass is 10.0. The topological polar surface area (TPSA) is 43.1 Å². The van der Waals surface area contributed by atoms with E-state index in [2.05, 4.69) is 19.6 Å². The highest BCUT2D eigenvalue weighted by Gasteiger charge is 1.95. The van der Waals surface area contributed by atoms with Crippen LogP contribution in [0.3, 0.4) is 0 Å². The van der Waals surface area contributed by atoms with E-state index in [1.54, 1.807) is 0 Å². The molecule has 2 N–H and O–H groups in total. The molecule has 0 aromatic rings. The summed E-state index contributed by atoms with van der Waals surface area (Å²) in [4.78, 5) is 8.58. The lowest BCUT2D eigenvalue weighted by Gasteiger charge is -2.05. The average Bonchev–Trinajstić information content (AvgIpc) is 2.22. The molecule has 0 atom stereocenters. The molecule has 1 saturated carbocycles. The van der Waals surface area contributed by atoms with Gasteiger partial charge in [0.05, 0.1) is 0 Å². The molecule has 1 rings (SSSR count). The number of carbonyl (C=O) groups excluding carboxylic acids is 1. The fourth-order valence-electron chi connectivity index (χ4n) is 1.06. The van der Waals surface area contributed by atoms with Crippen LogP contribution in [0.1, 0.15) is 65.2 Å². The second-order valence-corrected chi connectivity index (χ2v) is 3.26. The Hall–Kier alpha value is -0.530. The molecule has 0 spiro atoms. The van der Waals surface area contributed by atoms with Crippen LogP contribution in [0.4, 0.5) is 0 Å². The van der Waals surface area contributed by atoms with Gasteiger partial charge in [0.1, 0.15) is 0 Å². The Labute approximate surface area is 82.9 Å². The fraction of sp³-hybridized carbons (Fsp3) is 0.909. The highest BCUT2D eigenvalue weighted by Crippen LogP contribution is 2.15. The van der Waals surface area contributed by atoms with Crippen molar-refractivity contribution in [3.63, 3.8) is 0 Å². The van der Waals surface area contributed by atoms with E-state index in [1.807, 2.05) is 0 Å². The van der Waals surface area contributed by atoms with Gasteiger partial charge in [-0.05, 0) is 0 Å². The van der Waals surface area contributed by atoms with Gasteiger partial charge >= 0.3 is 0 Å². The number of carbonyl (C=O) groups is 1. The second-order valence-electron chi connectivity index (χ2n) is 3.26. The van der Waals surface area contributed by atoms with Crippen molar-refractivity contribution in [1.82, 2.24) is 0 Å². The van der Waals surface area contributed by atoms with Crippen LogP contribution in [0.2, 0.25) is 0 Å². The summed E-state index contributed by atoms with van der Waals surface area (Å²) in [6.07, 6.45) is 11.9. The van der Waals surface area contributed by atoms with Crippen LogP contribution in [-0.4, -0.2) is 6.41 Å². The van der Waals surface area contributed by atoms with E-state index >= 15 is 0 Å². The van der Waals surface area contributed by atoms with Crippen LogP contribution in [0.15, 0.2) is 0 Å². The molecule has 0 heterocycles. The zero-order valence-electron chi connectivity index (χ0n) is 9.22. The highest BCUT2D eigenvalue weighted by molar-refractivity contribution is 5.42. The van der Waals surface area contributed by atoms with E-state index in [4.69, 9.17) is 4.79 Å². The predicted molar refractivity (Wildman–Crippen MR) is 58.5 cm³/mol. The SMILES string of the molecule is C1CCCCC1.CCCC.NC=O. The number of amides is 1. The normalized spacial score (nSPS) is 14.3. The first-order chi connectivity index (χ1) is 6.33. The van der Waals surface area contributed by atoms with E-state index in [0.29, 0.717) is 0 Å². The predicted octanol–water partition coefficient (Wildman–Crippen LogP) is 3.25. The molecule has 1 aliphatic rings. The summed E-state index contributed by atoms with van der Waals surface area (Å²) in [6, 6.07) is 0. The molecular weight excluding hydrogens is 162 g/mol. The largest absolute Gasteiger partial charge is 0.372 e. The maximum atomic E-state index is 8.58. The molecule has 2 nitrogen and oxygen atoms in total. The summed E-state index contributed by atoms with van der Waals surface area (Å²) in [7, 11) is 0. The third-order valence-electron chi connectivity index (χ3n) is 2.00. The van der Waals surface area contributed by atoms with Crippen LogP contribution in [-0.2, 0) is 4.79 Å². The van der Waals surface area contributed by atoms with Crippen molar-refractivity contribution in [2.24, 2.45) is 5.73 Å². The average molecular weight is 187 g/mol. The lowest BCUT2D eigenvalue weighted by molar-refractivity contribution is -0.106. The molecule has 0 aliphatic heterocycles. The first kappa shape index (κ1) is 15.0. The number of hydrogen-bond donors (Lipinski definition) is 1. The maximum Gasteiger partial charge on any atom is 0.204 e. The Bertz CT molecular complexity index is 66.6. The summed E-state index contributed by atoms with van der Waals surface area (Å²) >= 11 is 0. The van der Waals surface area contributed by atoms with Gasteiger partial charge in [0.2, 0.25) is 6.41 Å². The van der Waals surface area contributed by atoms with Crippen LogP contribution in [0, 0.1) is 0 Å². The molecule has 13 heavy (non-hydrogen) atoms. The molecule has 80 valence electrons. The second kappa shape index (κ2) is 17.5. The van der Waals surface area contributed by atoms with E-state index in [9.17, 15) is 0 Å². The number of primary amides is 1. The van der Waals surface area contributed by atoms with Gasteiger partial charge < -0.3 is 5.73 Å². The van der Waals surface area contributed by atoms with Gasteiger partial charge in [0.25, 0.3) is 0 Å². The van der Waals surface area contributed by atoms with Gasteiger partial charge in [-0.25, -0.2) is 0 Å². The van der Waals surface area contributed by atoms with Gasteiger partial charge in [0, 0.05) is 0 Å². The van der Waals surface area contributed by atoms with E-state index in [1.165, 1.54) is 51.4 Å². The lowest BCUT2D eigenvalue weighted by Crippen LogP contribution is -1.85. The molecule has 0 aromatic carbocycles. The summed E-state index contributed by atoms with van der Waals surface area (Å²) in [5.41, 5.74) is 4.17. The van der Waals surface area contributed by atoms with Crippen molar-refractivity contribution in [2.75, 3.05) is 0 Å². The molecule has 0 saturated heterocycles. The van der Waals surface area contributed by atoms with Gasteiger partial charge in [-0.15, -0.1) is 0 Å². The van der Waals surface area contributed by atoms with Crippen molar-refractivity contribution < 1.29 is 4.79 Å². The standard InChI is InChI=1S/C6H12.C4H10.CH3NO/c1-2-4-6-5-3-1;1-3-4-2;2-1-3/h1-6H2;3-4H2,1-2H3;1H,(H2,2,3). The van der Waals surface area contributed by atoms with Crippen molar-refractivity contribution in [1.29, 1.82) is 0 Å². The van der Waals surface area contributed by atoms with E-state index in [0.717, 1.165) is 0 Å².